The standard InChI is InChI=1S/C29H27N3O7S/c1-2-31(23-14-15-40(36,37)19-23)26(33)18-38-27(34)13-12-21-17-32(22-9-4-3-5-10-22)30-28(21)24-16-20-8-6-7-11-25(20)39-29(24)35/h3-13,16-17,23H,2,14-15,18-19H2,1H3. The number of benzene rings is 2. The van der Waals surface area contributed by atoms with Crippen molar-refractivity contribution >= 4 is 38.8 Å². The fourth-order valence-corrected chi connectivity index (χ4v) is 6.47. The van der Waals surface area contributed by atoms with Crippen LogP contribution in [0, 0.1) is 0 Å². The molecule has 0 N–H and O–H groups in total. The summed E-state index contributed by atoms with van der Waals surface area (Å²) in [4.78, 5) is 39.5. The molecule has 4 aromatic rings. The minimum atomic E-state index is -3.16. The summed E-state index contributed by atoms with van der Waals surface area (Å²) in [5.41, 5.74) is 1.61. The predicted molar refractivity (Wildman–Crippen MR) is 149 cm³/mol. The number of hydrogen-bond acceptors (Lipinski definition) is 8. The molecule has 1 amide bonds. The van der Waals surface area contributed by atoms with Crippen molar-refractivity contribution < 1.29 is 27.2 Å². The smallest absolute Gasteiger partial charge is 0.345 e. The largest absolute Gasteiger partial charge is 0.452 e. The molecule has 1 saturated heterocycles. The fourth-order valence-electron chi connectivity index (χ4n) is 4.74. The Hall–Kier alpha value is -4.51. The summed E-state index contributed by atoms with van der Waals surface area (Å²) in [6.45, 7) is 1.54. The molecule has 1 unspecified atom stereocenters. The van der Waals surface area contributed by atoms with E-state index in [1.54, 1.807) is 36.0 Å². The van der Waals surface area contributed by atoms with Gasteiger partial charge in [-0.15, -0.1) is 0 Å². The SMILES string of the molecule is CCN(C(=O)COC(=O)C=Cc1cn(-c2ccccc2)nc1-c1cc2ccccc2oc1=O)C1CCS(=O)(=O)C1. The molecule has 2 aromatic carbocycles. The number of rotatable bonds is 8. The number of sulfone groups is 1. The Morgan fingerprint density at radius 3 is 2.62 bits per heavy atom. The number of ether oxygens (including phenoxy) is 1. The van der Waals surface area contributed by atoms with Gasteiger partial charge in [0.1, 0.15) is 11.3 Å². The molecule has 10 nitrogen and oxygen atoms in total. The van der Waals surface area contributed by atoms with Crippen LogP contribution in [0.4, 0.5) is 0 Å². The summed E-state index contributed by atoms with van der Waals surface area (Å²) in [7, 11) is -3.16. The molecule has 1 aliphatic heterocycles. The Kier molecular flexibility index (Phi) is 7.65. The molecule has 0 aliphatic carbocycles. The third-order valence-corrected chi connectivity index (χ3v) is 8.46. The molecule has 5 rings (SSSR count). The van der Waals surface area contributed by atoms with Crippen molar-refractivity contribution in [2.75, 3.05) is 24.7 Å². The second kappa shape index (κ2) is 11.3. The first kappa shape index (κ1) is 27.1. The zero-order valence-corrected chi connectivity index (χ0v) is 22.5. The summed E-state index contributed by atoms with van der Waals surface area (Å²) in [5, 5.41) is 5.32. The maximum absolute atomic E-state index is 12.9. The molecule has 0 spiro atoms. The Labute approximate surface area is 230 Å². The van der Waals surface area contributed by atoms with Gasteiger partial charge in [0.25, 0.3) is 5.91 Å². The minimum absolute atomic E-state index is 0.0402. The predicted octanol–water partition coefficient (Wildman–Crippen LogP) is 3.24. The molecule has 1 fully saturated rings. The van der Waals surface area contributed by atoms with Crippen LogP contribution in [0.3, 0.4) is 0 Å². The van der Waals surface area contributed by atoms with E-state index in [0.29, 0.717) is 29.8 Å². The summed E-state index contributed by atoms with van der Waals surface area (Å²) in [6.07, 6.45) is 4.66. The first-order valence-electron chi connectivity index (χ1n) is 12.8. The summed E-state index contributed by atoms with van der Waals surface area (Å²) >= 11 is 0. The highest BCUT2D eigenvalue weighted by Crippen LogP contribution is 2.25. The Morgan fingerprint density at radius 2 is 1.90 bits per heavy atom. The number of hydrogen-bond donors (Lipinski definition) is 0. The van der Waals surface area contributed by atoms with E-state index >= 15 is 0 Å². The Morgan fingerprint density at radius 1 is 1.15 bits per heavy atom. The monoisotopic (exact) mass is 561 g/mol. The van der Waals surface area contributed by atoms with Crippen LogP contribution in [0.5, 0.6) is 0 Å². The molecule has 1 atom stereocenters. The second-order valence-corrected chi connectivity index (χ2v) is 11.6. The molecule has 40 heavy (non-hydrogen) atoms. The van der Waals surface area contributed by atoms with E-state index in [2.05, 4.69) is 5.10 Å². The maximum atomic E-state index is 12.9. The topological polar surface area (TPSA) is 129 Å². The highest BCUT2D eigenvalue weighted by atomic mass is 32.2. The van der Waals surface area contributed by atoms with Crippen molar-refractivity contribution in [3.8, 4) is 16.9 Å². The quantitative estimate of drug-likeness (QED) is 0.182. The summed E-state index contributed by atoms with van der Waals surface area (Å²) < 4.78 is 35.9. The van der Waals surface area contributed by atoms with Crippen LogP contribution in [0.2, 0.25) is 0 Å². The van der Waals surface area contributed by atoms with Crippen LogP contribution in [0.25, 0.3) is 34.0 Å². The molecule has 0 bridgehead atoms. The number of nitrogens with zero attached hydrogens (tertiary/aromatic N) is 3. The molecule has 0 saturated carbocycles. The zero-order valence-electron chi connectivity index (χ0n) is 21.7. The third kappa shape index (κ3) is 5.89. The van der Waals surface area contributed by atoms with Crippen LogP contribution in [0.15, 0.2) is 82.1 Å². The number of esters is 1. The van der Waals surface area contributed by atoms with E-state index in [9.17, 15) is 22.8 Å². The molecular weight excluding hydrogens is 534 g/mol. The van der Waals surface area contributed by atoms with Gasteiger partial charge in [0.2, 0.25) is 0 Å². The van der Waals surface area contributed by atoms with Crippen LogP contribution >= 0.6 is 0 Å². The number of para-hydroxylation sites is 2. The molecule has 2 aromatic heterocycles. The van der Waals surface area contributed by atoms with Gasteiger partial charge in [0.15, 0.2) is 16.4 Å². The fraction of sp³-hybridized carbons (Fsp3) is 0.241. The van der Waals surface area contributed by atoms with Gasteiger partial charge >= 0.3 is 11.6 Å². The lowest BCUT2D eigenvalue weighted by atomic mass is 10.1. The van der Waals surface area contributed by atoms with Crippen LogP contribution in [-0.2, 0) is 24.2 Å². The van der Waals surface area contributed by atoms with Crippen molar-refractivity contribution in [3.63, 3.8) is 0 Å². The van der Waals surface area contributed by atoms with Gasteiger partial charge in [0, 0.05) is 35.8 Å². The van der Waals surface area contributed by atoms with Crippen molar-refractivity contribution in [2.45, 2.75) is 19.4 Å². The molecule has 206 valence electrons. The number of likely N-dealkylation sites (N-methyl/N-ethyl adjacent to an activating group) is 1. The maximum Gasteiger partial charge on any atom is 0.345 e. The van der Waals surface area contributed by atoms with Crippen LogP contribution < -0.4 is 5.63 Å². The Balaban J connectivity index is 1.38. The average molecular weight is 562 g/mol. The average Bonchev–Trinajstić information content (AvgIpc) is 3.54. The highest BCUT2D eigenvalue weighted by Gasteiger charge is 2.34. The summed E-state index contributed by atoms with van der Waals surface area (Å²) in [5.74, 6) is -1.28. The zero-order chi connectivity index (χ0) is 28.3. The third-order valence-electron chi connectivity index (χ3n) is 6.71. The number of carbonyl (C=O) groups excluding carboxylic acids is 2. The number of amides is 1. The normalized spacial score (nSPS) is 16.4. The summed E-state index contributed by atoms with van der Waals surface area (Å²) in [6, 6.07) is 17.7. The van der Waals surface area contributed by atoms with Gasteiger partial charge in [-0.3, -0.25) is 4.79 Å². The highest BCUT2D eigenvalue weighted by molar-refractivity contribution is 7.91. The van der Waals surface area contributed by atoms with E-state index in [0.717, 1.165) is 17.1 Å². The first-order chi connectivity index (χ1) is 19.2. The number of fused-ring (bicyclic) bond motifs is 1. The van der Waals surface area contributed by atoms with E-state index in [1.165, 1.54) is 11.0 Å². The van der Waals surface area contributed by atoms with Crippen molar-refractivity contribution in [1.29, 1.82) is 0 Å². The lowest BCUT2D eigenvalue weighted by Gasteiger charge is -2.26. The minimum Gasteiger partial charge on any atom is -0.452 e. The van der Waals surface area contributed by atoms with Gasteiger partial charge < -0.3 is 14.1 Å². The lowest BCUT2D eigenvalue weighted by molar-refractivity contribution is -0.149. The van der Waals surface area contributed by atoms with E-state index in [-0.39, 0.29) is 17.1 Å². The first-order valence-corrected chi connectivity index (χ1v) is 14.6. The molecule has 0 radical (unpaired) electrons. The lowest BCUT2D eigenvalue weighted by Crippen LogP contribution is -2.43. The number of carbonyl (C=O) groups is 2. The van der Waals surface area contributed by atoms with Crippen LogP contribution in [0.1, 0.15) is 18.9 Å². The van der Waals surface area contributed by atoms with Crippen molar-refractivity contribution in [1.82, 2.24) is 14.7 Å². The van der Waals surface area contributed by atoms with Gasteiger partial charge in [0.05, 0.1) is 22.8 Å². The van der Waals surface area contributed by atoms with E-state index < -0.39 is 40.0 Å². The Bertz CT molecular complexity index is 1760. The number of aromatic nitrogens is 2. The molecule has 11 heteroatoms. The van der Waals surface area contributed by atoms with Gasteiger partial charge in [-0.1, -0.05) is 36.4 Å². The second-order valence-electron chi connectivity index (χ2n) is 9.38. The van der Waals surface area contributed by atoms with E-state index in [4.69, 9.17) is 9.15 Å². The van der Waals surface area contributed by atoms with Gasteiger partial charge in [-0.25, -0.2) is 22.7 Å². The van der Waals surface area contributed by atoms with Crippen molar-refractivity contribution in [3.05, 3.63) is 88.9 Å². The van der Waals surface area contributed by atoms with Gasteiger partial charge in [-0.2, -0.15) is 5.10 Å². The molecular formula is C29H27N3O7S. The van der Waals surface area contributed by atoms with Gasteiger partial charge in [-0.05, 0) is 43.7 Å². The van der Waals surface area contributed by atoms with E-state index in [1.807, 2.05) is 42.5 Å². The van der Waals surface area contributed by atoms with Crippen LogP contribution in [-0.4, -0.2) is 65.7 Å². The molecule has 1 aliphatic rings. The molecule has 3 heterocycles. The van der Waals surface area contributed by atoms with Crippen molar-refractivity contribution in [2.24, 2.45) is 0 Å².